The van der Waals surface area contributed by atoms with Gasteiger partial charge in [0.05, 0.1) is 17.6 Å². The van der Waals surface area contributed by atoms with Crippen LogP contribution in [0.2, 0.25) is 5.02 Å². The number of nitrogens with zero attached hydrogens (tertiary/aromatic N) is 1. The second kappa shape index (κ2) is 10.5. The van der Waals surface area contributed by atoms with Gasteiger partial charge in [0.15, 0.2) is 0 Å². The molecule has 0 bridgehead atoms. The normalized spacial score (nSPS) is 24.5. The number of rotatable bonds is 6. The molecule has 1 aromatic carbocycles. The van der Waals surface area contributed by atoms with Gasteiger partial charge in [0.2, 0.25) is 11.8 Å². The molecule has 0 radical (unpaired) electrons. The van der Waals surface area contributed by atoms with E-state index < -0.39 is 29.9 Å². The first-order valence-electron chi connectivity index (χ1n) is 13.8. The Morgan fingerprint density at radius 1 is 1.18 bits per heavy atom. The van der Waals surface area contributed by atoms with Crippen molar-refractivity contribution in [2.75, 3.05) is 13.7 Å². The summed E-state index contributed by atoms with van der Waals surface area (Å²) in [6.45, 7) is 4.34. The molecule has 1 aliphatic carbocycles. The highest BCUT2D eigenvalue weighted by Gasteiger charge is 2.50. The topological polar surface area (TPSA) is 121 Å². The minimum atomic E-state index is -0.987. The van der Waals surface area contributed by atoms with E-state index in [4.69, 9.17) is 16.3 Å². The van der Waals surface area contributed by atoms with E-state index >= 15 is 0 Å². The Balaban J connectivity index is 1.40. The van der Waals surface area contributed by atoms with Crippen LogP contribution >= 0.6 is 11.6 Å². The minimum absolute atomic E-state index is 0.129. The molecule has 3 N–H and O–H groups in total. The van der Waals surface area contributed by atoms with E-state index in [1.807, 2.05) is 26.0 Å². The van der Waals surface area contributed by atoms with Gasteiger partial charge in [-0.05, 0) is 63.5 Å². The lowest BCUT2D eigenvalue weighted by atomic mass is 9.72. The van der Waals surface area contributed by atoms with Crippen LogP contribution in [0.4, 0.5) is 0 Å². The van der Waals surface area contributed by atoms with Crippen LogP contribution in [0.15, 0.2) is 24.3 Å². The number of halogens is 1. The summed E-state index contributed by atoms with van der Waals surface area (Å²) in [4.78, 5) is 57.7. The quantitative estimate of drug-likeness (QED) is 0.465. The van der Waals surface area contributed by atoms with Gasteiger partial charge in [-0.25, -0.2) is 4.79 Å². The Bertz CT molecular complexity index is 1300. The number of benzene rings is 1. The number of carbonyl (C=O) groups excluding carboxylic acids is 4. The second-order valence-corrected chi connectivity index (χ2v) is 12.6. The Hall–Kier alpha value is -3.07. The van der Waals surface area contributed by atoms with Crippen LogP contribution in [-0.4, -0.2) is 64.9 Å². The number of H-pyrrole nitrogens is 1. The van der Waals surface area contributed by atoms with Gasteiger partial charge in [-0.15, -0.1) is 0 Å². The number of amides is 3. The van der Waals surface area contributed by atoms with Gasteiger partial charge in [0.1, 0.15) is 17.8 Å². The van der Waals surface area contributed by atoms with Crippen molar-refractivity contribution in [2.24, 2.45) is 11.3 Å². The number of hydrogen-bond donors (Lipinski definition) is 3. The lowest BCUT2D eigenvalue weighted by molar-refractivity contribution is -0.146. The molecule has 1 saturated carbocycles. The van der Waals surface area contributed by atoms with E-state index in [0.717, 1.165) is 37.5 Å². The molecule has 39 heavy (non-hydrogen) atoms. The van der Waals surface area contributed by atoms with Crippen LogP contribution < -0.4 is 10.6 Å². The number of carbonyl (C=O) groups is 4. The molecule has 2 unspecified atom stereocenters. The van der Waals surface area contributed by atoms with Crippen molar-refractivity contribution in [3.8, 4) is 0 Å². The van der Waals surface area contributed by atoms with Gasteiger partial charge in [-0.2, -0.15) is 0 Å². The third-order valence-corrected chi connectivity index (χ3v) is 9.05. The van der Waals surface area contributed by atoms with Gasteiger partial charge >= 0.3 is 5.97 Å². The van der Waals surface area contributed by atoms with Crippen molar-refractivity contribution in [2.45, 2.75) is 82.8 Å². The molecule has 3 atom stereocenters. The fraction of sp³-hybridized carbons (Fsp3) is 0.586. The molecule has 2 aromatic rings. The largest absolute Gasteiger partial charge is 0.467 e. The predicted octanol–water partition coefficient (Wildman–Crippen LogP) is 3.95. The molecule has 3 amide bonds. The smallest absolute Gasteiger partial charge is 0.328 e. The van der Waals surface area contributed by atoms with Crippen LogP contribution in [0.3, 0.4) is 0 Å². The first-order valence-corrected chi connectivity index (χ1v) is 14.2. The molecule has 2 aliphatic heterocycles. The van der Waals surface area contributed by atoms with Gasteiger partial charge < -0.3 is 25.3 Å². The molecule has 9 nitrogen and oxygen atoms in total. The lowest BCUT2D eigenvalue weighted by Crippen LogP contribution is -2.51. The summed E-state index contributed by atoms with van der Waals surface area (Å²) in [7, 11) is 1.27. The van der Waals surface area contributed by atoms with Gasteiger partial charge in [-0.3, -0.25) is 14.4 Å². The number of ether oxygens (including phenoxy) is 1. The Morgan fingerprint density at radius 2 is 1.92 bits per heavy atom. The van der Waals surface area contributed by atoms with Crippen molar-refractivity contribution in [3.05, 3.63) is 35.0 Å². The number of nitrogens with one attached hydrogen (secondary N) is 3. The summed E-state index contributed by atoms with van der Waals surface area (Å²) in [5.41, 5.74) is 0.545. The second-order valence-electron chi connectivity index (χ2n) is 12.2. The van der Waals surface area contributed by atoms with E-state index in [1.54, 1.807) is 17.0 Å². The maximum absolute atomic E-state index is 13.9. The highest BCUT2D eigenvalue weighted by molar-refractivity contribution is 6.35. The summed E-state index contributed by atoms with van der Waals surface area (Å²) < 4.78 is 4.99. The van der Waals surface area contributed by atoms with Gasteiger partial charge in [0.25, 0.3) is 5.91 Å². The number of fused-ring (bicyclic) bond motifs is 1. The summed E-state index contributed by atoms with van der Waals surface area (Å²) in [6.07, 6.45) is 6.42. The van der Waals surface area contributed by atoms with E-state index in [2.05, 4.69) is 15.6 Å². The number of esters is 1. The maximum Gasteiger partial charge on any atom is 0.328 e. The van der Waals surface area contributed by atoms with Crippen LogP contribution in [-0.2, 0) is 19.1 Å². The zero-order chi connectivity index (χ0) is 27.9. The molecule has 3 fully saturated rings. The third kappa shape index (κ3) is 5.51. The zero-order valence-corrected chi connectivity index (χ0v) is 23.5. The Kier molecular flexibility index (Phi) is 7.39. The standard InChI is InChI=1S/C29H37ClN4O5/c1-28(2)14-18(24(35)33-28)13-21(27(38)39-3)32-25(36)22-15-29(10-5-4-6-11-29)16-34(22)26(37)20-12-17-8-7-9-19(30)23(17)31-20/h7-9,12,18,21-22,31H,4-6,10-11,13-16H2,1-3H3,(H,32,36)(H,33,35)/t18?,21-,22?/m0/s1. The zero-order valence-electron chi connectivity index (χ0n) is 22.8. The average molecular weight is 557 g/mol. The van der Waals surface area contributed by atoms with Crippen LogP contribution in [0.1, 0.15) is 75.7 Å². The first-order chi connectivity index (χ1) is 18.5. The average Bonchev–Trinajstić information content (AvgIpc) is 3.57. The molecule has 10 heteroatoms. The van der Waals surface area contributed by atoms with Crippen molar-refractivity contribution in [3.63, 3.8) is 0 Å². The van der Waals surface area contributed by atoms with Crippen molar-refractivity contribution < 1.29 is 23.9 Å². The number of likely N-dealkylation sites (tertiary alicyclic amines) is 1. The molecule has 3 heterocycles. The lowest BCUT2D eigenvalue weighted by Gasteiger charge is -2.32. The summed E-state index contributed by atoms with van der Waals surface area (Å²) in [5, 5.41) is 7.14. The molecule has 210 valence electrons. The minimum Gasteiger partial charge on any atom is -0.467 e. The highest BCUT2D eigenvalue weighted by Crippen LogP contribution is 2.47. The van der Waals surface area contributed by atoms with Crippen LogP contribution in [0.25, 0.3) is 10.9 Å². The van der Waals surface area contributed by atoms with Crippen molar-refractivity contribution in [1.29, 1.82) is 0 Å². The molecule has 2 saturated heterocycles. The van der Waals surface area contributed by atoms with E-state index in [1.165, 1.54) is 7.11 Å². The van der Waals surface area contributed by atoms with Gasteiger partial charge in [-0.1, -0.05) is 43.0 Å². The fourth-order valence-electron chi connectivity index (χ4n) is 6.85. The number of para-hydroxylation sites is 1. The molecule has 3 aliphatic rings. The summed E-state index contributed by atoms with van der Waals surface area (Å²) >= 11 is 6.34. The van der Waals surface area contributed by atoms with Crippen molar-refractivity contribution >= 4 is 46.2 Å². The monoisotopic (exact) mass is 556 g/mol. The molecular formula is C29H37ClN4O5. The fourth-order valence-corrected chi connectivity index (χ4v) is 7.08. The first kappa shape index (κ1) is 27.5. The third-order valence-electron chi connectivity index (χ3n) is 8.73. The predicted molar refractivity (Wildman–Crippen MR) is 147 cm³/mol. The Labute approximate surface area is 233 Å². The van der Waals surface area contributed by atoms with E-state index in [0.29, 0.717) is 35.6 Å². The molecule has 1 spiro atoms. The number of aromatic nitrogens is 1. The Morgan fingerprint density at radius 3 is 2.56 bits per heavy atom. The van der Waals surface area contributed by atoms with Crippen LogP contribution in [0.5, 0.6) is 0 Å². The molecular weight excluding hydrogens is 520 g/mol. The number of methoxy groups -OCH3 is 1. The molecule has 5 rings (SSSR count). The molecule has 1 aromatic heterocycles. The van der Waals surface area contributed by atoms with Gasteiger partial charge in [0, 0.05) is 23.4 Å². The number of hydrogen-bond acceptors (Lipinski definition) is 5. The SMILES string of the molecule is COC(=O)[C@H](CC1CC(C)(C)NC1=O)NC(=O)C1CC2(CCCCC2)CN1C(=O)c1cc2cccc(Cl)c2[nH]1. The summed E-state index contributed by atoms with van der Waals surface area (Å²) in [6, 6.07) is 5.51. The van der Waals surface area contributed by atoms with Crippen LogP contribution in [0, 0.1) is 11.3 Å². The number of aromatic amines is 1. The van der Waals surface area contributed by atoms with E-state index in [9.17, 15) is 19.2 Å². The van der Waals surface area contributed by atoms with E-state index in [-0.39, 0.29) is 29.2 Å². The highest BCUT2D eigenvalue weighted by atomic mass is 35.5. The maximum atomic E-state index is 13.9. The van der Waals surface area contributed by atoms with Crippen molar-refractivity contribution in [1.82, 2.24) is 20.5 Å². The summed E-state index contributed by atoms with van der Waals surface area (Å²) in [5.74, 6) is -1.83.